The maximum Gasteiger partial charge on any atom is 0.0795 e. The van der Waals surface area contributed by atoms with Crippen molar-refractivity contribution < 1.29 is 20.1 Å². The van der Waals surface area contributed by atoms with Crippen molar-refractivity contribution in [2.75, 3.05) is 0 Å². The molecule has 1 radical (unpaired) electrons. The number of pyridine rings is 2. The molecular formula is C34H34IrN2Si-2. The van der Waals surface area contributed by atoms with Gasteiger partial charge >= 0.3 is 0 Å². The van der Waals surface area contributed by atoms with Crippen LogP contribution < -0.4 is 5.19 Å². The zero-order chi connectivity index (χ0) is 26.3. The summed E-state index contributed by atoms with van der Waals surface area (Å²) in [5, 5.41) is 1.40. The number of aromatic nitrogens is 2. The molecule has 5 rings (SSSR count). The molecule has 0 saturated carbocycles. The summed E-state index contributed by atoms with van der Waals surface area (Å²) in [6.07, 6.45) is 3.90. The Labute approximate surface area is 242 Å². The Bertz CT molecular complexity index is 1400. The fourth-order valence-electron chi connectivity index (χ4n) is 4.01. The predicted molar refractivity (Wildman–Crippen MR) is 159 cm³/mol. The summed E-state index contributed by atoms with van der Waals surface area (Å²) in [5.74, 6) is 0.363. The van der Waals surface area contributed by atoms with Gasteiger partial charge in [-0.05, 0) is 33.8 Å². The van der Waals surface area contributed by atoms with Gasteiger partial charge in [-0.2, -0.15) is 0 Å². The summed E-state index contributed by atoms with van der Waals surface area (Å²) in [6, 6.07) is 39.7. The first-order chi connectivity index (χ1) is 17.8. The number of hydrogen-bond acceptors (Lipinski definition) is 2. The fourth-order valence-corrected chi connectivity index (χ4v) is 5.04. The first kappa shape index (κ1) is 29.4. The van der Waals surface area contributed by atoms with E-state index in [0.29, 0.717) is 5.92 Å². The third-order valence-electron chi connectivity index (χ3n) is 6.44. The summed E-state index contributed by atoms with van der Waals surface area (Å²) in [6.45, 7) is 11.3. The van der Waals surface area contributed by atoms with Crippen LogP contribution >= 0.6 is 0 Å². The van der Waals surface area contributed by atoms with Crippen LogP contribution in [-0.2, 0) is 20.1 Å². The molecule has 0 aliphatic rings. The van der Waals surface area contributed by atoms with Gasteiger partial charge in [0, 0.05) is 38.4 Å². The molecule has 0 amide bonds. The van der Waals surface area contributed by atoms with Crippen LogP contribution in [0, 0.1) is 19.1 Å². The maximum atomic E-state index is 4.55. The summed E-state index contributed by atoms with van der Waals surface area (Å²) in [4.78, 5) is 9.00. The van der Waals surface area contributed by atoms with E-state index in [0.717, 1.165) is 22.5 Å². The van der Waals surface area contributed by atoms with E-state index in [2.05, 4.69) is 116 Å². The largest absolute Gasteiger partial charge is 0.305 e. The Balaban J connectivity index is 0.000000208. The van der Waals surface area contributed by atoms with Crippen molar-refractivity contribution in [3.05, 3.63) is 138 Å². The SMILES string of the molecule is CC(c1ccccc1)c1ccnc(-c2[c-]cccc2)c1.Cc1c[c-]c(-c2ccc([Si](C)(C)C)cn2)cc1.[Ir]. The van der Waals surface area contributed by atoms with E-state index in [9.17, 15) is 0 Å². The Kier molecular flexibility index (Phi) is 10.5. The van der Waals surface area contributed by atoms with Crippen LogP contribution in [0.5, 0.6) is 0 Å². The molecule has 0 aliphatic carbocycles. The first-order valence-corrected chi connectivity index (χ1v) is 16.2. The summed E-state index contributed by atoms with van der Waals surface area (Å²) in [5.41, 5.74) is 7.91. The van der Waals surface area contributed by atoms with Gasteiger partial charge in [-0.25, -0.2) is 0 Å². The number of aryl methyl sites for hydroxylation is 1. The molecule has 3 aromatic carbocycles. The van der Waals surface area contributed by atoms with E-state index in [-0.39, 0.29) is 20.1 Å². The quantitative estimate of drug-likeness (QED) is 0.138. The van der Waals surface area contributed by atoms with Gasteiger partial charge in [-0.3, -0.25) is 0 Å². The van der Waals surface area contributed by atoms with Crippen LogP contribution in [0.15, 0.2) is 109 Å². The molecular weight excluding hydrogens is 657 g/mol. The average Bonchev–Trinajstić information content (AvgIpc) is 2.94. The number of rotatable bonds is 5. The third kappa shape index (κ3) is 7.91. The van der Waals surface area contributed by atoms with Crippen molar-refractivity contribution >= 4 is 13.3 Å². The second kappa shape index (κ2) is 13.6. The summed E-state index contributed by atoms with van der Waals surface area (Å²) < 4.78 is 0. The van der Waals surface area contributed by atoms with Gasteiger partial charge in [-0.15, -0.1) is 71.3 Å². The van der Waals surface area contributed by atoms with Crippen LogP contribution in [-0.4, -0.2) is 18.0 Å². The first-order valence-electron chi connectivity index (χ1n) is 12.7. The summed E-state index contributed by atoms with van der Waals surface area (Å²) in [7, 11) is -1.24. The average molecular weight is 691 g/mol. The minimum absolute atomic E-state index is 0. The van der Waals surface area contributed by atoms with Crippen molar-refractivity contribution in [3.8, 4) is 22.5 Å². The van der Waals surface area contributed by atoms with Gasteiger partial charge < -0.3 is 9.97 Å². The van der Waals surface area contributed by atoms with E-state index in [1.807, 2.05) is 48.8 Å². The molecule has 1 atom stereocenters. The van der Waals surface area contributed by atoms with Crippen molar-refractivity contribution in [3.63, 3.8) is 0 Å². The second-order valence-electron chi connectivity index (χ2n) is 10.3. The Morgan fingerprint density at radius 1 is 0.711 bits per heavy atom. The molecule has 0 spiro atoms. The number of nitrogens with zero attached hydrogens (tertiary/aromatic N) is 2. The second-order valence-corrected chi connectivity index (χ2v) is 15.4. The molecule has 38 heavy (non-hydrogen) atoms. The van der Waals surface area contributed by atoms with Gasteiger partial charge in [-0.1, -0.05) is 82.0 Å². The molecule has 0 saturated heterocycles. The van der Waals surface area contributed by atoms with Crippen LogP contribution in [0.25, 0.3) is 22.5 Å². The van der Waals surface area contributed by atoms with E-state index >= 15 is 0 Å². The molecule has 2 heterocycles. The van der Waals surface area contributed by atoms with Crippen molar-refractivity contribution in [1.29, 1.82) is 0 Å². The zero-order valence-corrected chi connectivity index (χ0v) is 26.1. The molecule has 0 fully saturated rings. The molecule has 0 bridgehead atoms. The minimum Gasteiger partial charge on any atom is -0.305 e. The Hall–Kier alpha value is -3.17. The molecule has 195 valence electrons. The molecule has 2 aromatic heterocycles. The van der Waals surface area contributed by atoms with Crippen molar-refractivity contribution in [2.24, 2.45) is 0 Å². The Morgan fingerprint density at radius 2 is 1.45 bits per heavy atom. The van der Waals surface area contributed by atoms with Crippen molar-refractivity contribution in [1.82, 2.24) is 9.97 Å². The van der Waals surface area contributed by atoms with Crippen LogP contribution in [0.4, 0.5) is 0 Å². The van der Waals surface area contributed by atoms with Crippen LogP contribution in [0.2, 0.25) is 19.6 Å². The van der Waals surface area contributed by atoms with Gasteiger partial charge in [0.15, 0.2) is 0 Å². The zero-order valence-electron chi connectivity index (χ0n) is 22.7. The monoisotopic (exact) mass is 691 g/mol. The third-order valence-corrected chi connectivity index (χ3v) is 8.47. The van der Waals surface area contributed by atoms with Crippen molar-refractivity contribution in [2.45, 2.75) is 39.4 Å². The van der Waals surface area contributed by atoms with Crippen LogP contribution in [0.3, 0.4) is 0 Å². The van der Waals surface area contributed by atoms with E-state index in [4.69, 9.17) is 0 Å². The van der Waals surface area contributed by atoms with Gasteiger partial charge in [0.05, 0.1) is 8.07 Å². The standard InChI is InChI=1S/C19H16N.C15H18NSi.Ir/c1-15(16-8-4-2-5-9-16)18-12-13-20-19(14-18)17-10-6-3-7-11-17;1-12-5-7-13(8-6-12)15-10-9-14(11-16-15)17(2,3)4;/h2-10,12-15H,1H3;5-7,9-11H,1-4H3;/q2*-1;. The van der Waals surface area contributed by atoms with E-state index in [1.165, 1.54) is 21.9 Å². The van der Waals surface area contributed by atoms with Crippen LogP contribution in [0.1, 0.15) is 29.5 Å². The van der Waals surface area contributed by atoms with Gasteiger partial charge in [0.2, 0.25) is 0 Å². The maximum absolute atomic E-state index is 4.55. The molecule has 4 heteroatoms. The molecule has 0 N–H and O–H groups in total. The molecule has 1 unspecified atom stereocenters. The number of hydrogen-bond donors (Lipinski definition) is 0. The van der Waals surface area contributed by atoms with Gasteiger partial charge in [0.25, 0.3) is 0 Å². The number of benzene rings is 3. The topological polar surface area (TPSA) is 25.8 Å². The smallest absolute Gasteiger partial charge is 0.0795 e. The van der Waals surface area contributed by atoms with Gasteiger partial charge in [0.1, 0.15) is 0 Å². The fraction of sp³-hybridized carbons (Fsp3) is 0.176. The summed E-state index contributed by atoms with van der Waals surface area (Å²) >= 11 is 0. The predicted octanol–water partition coefficient (Wildman–Crippen LogP) is 8.10. The molecule has 0 aliphatic heterocycles. The Morgan fingerprint density at radius 3 is 2.05 bits per heavy atom. The minimum atomic E-state index is -1.24. The normalized spacial score (nSPS) is 11.5. The molecule has 2 nitrogen and oxygen atoms in total. The van der Waals surface area contributed by atoms with E-state index < -0.39 is 8.07 Å². The molecule has 5 aromatic rings. The van der Waals surface area contributed by atoms with E-state index in [1.54, 1.807) is 0 Å².